The van der Waals surface area contributed by atoms with Gasteiger partial charge in [0.15, 0.2) is 5.78 Å². The Kier molecular flexibility index (Phi) is 3.42. The third kappa shape index (κ3) is 2.52. The van der Waals surface area contributed by atoms with Crippen molar-refractivity contribution in [3.8, 4) is 0 Å². The maximum atomic E-state index is 11.4. The third-order valence-electron chi connectivity index (χ3n) is 1.72. The van der Waals surface area contributed by atoms with E-state index in [4.69, 9.17) is 23.1 Å². The van der Waals surface area contributed by atoms with Crippen LogP contribution in [0, 0.1) is 0 Å². The number of hydrogen-bond donors (Lipinski definition) is 2. The monoisotopic (exact) mass is 198 g/mol. The van der Waals surface area contributed by atoms with Gasteiger partial charge in [-0.05, 0) is 24.3 Å². The van der Waals surface area contributed by atoms with Crippen LogP contribution in [-0.4, -0.2) is 18.4 Å². The molecule has 0 radical (unpaired) electrons. The number of nitrogens with two attached hydrogens (primary N) is 2. The SMILES string of the molecule is NCC(N)C(=O)c1ccc(Cl)cc1. The minimum Gasteiger partial charge on any atom is -0.328 e. The van der Waals surface area contributed by atoms with Crippen molar-refractivity contribution < 1.29 is 4.79 Å². The molecule has 4 N–H and O–H groups in total. The highest BCUT2D eigenvalue weighted by Gasteiger charge is 2.12. The predicted molar refractivity (Wildman–Crippen MR) is 52.8 cm³/mol. The molecule has 0 aliphatic heterocycles. The predicted octanol–water partition coefficient (Wildman–Crippen LogP) is 0.809. The molecule has 1 aromatic carbocycles. The number of carbonyl (C=O) groups is 1. The minimum atomic E-state index is -0.624. The number of benzene rings is 1. The van der Waals surface area contributed by atoms with E-state index in [1.54, 1.807) is 24.3 Å². The first kappa shape index (κ1) is 10.2. The van der Waals surface area contributed by atoms with Crippen molar-refractivity contribution in [3.05, 3.63) is 34.9 Å². The minimum absolute atomic E-state index is 0.154. The van der Waals surface area contributed by atoms with Crippen LogP contribution in [0.5, 0.6) is 0 Å². The molecule has 0 fully saturated rings. The molecule has 13 heavy (non-hydrogen) atoms. The fourth-order valence-corrected chi connectivity index (χ4v) is 1.06. The van der Waals surface area contributed by atoms with Gasteiger partial charge in [-0.1, -0.05) is 11.6 Å². The molecule has 1 unspecified atom stereocenters. The van der Waals surface area contributed by atoms with Crippen molar-refractivity contribution in [2.75, 3.05) is 6.54 Å². The van der Waals surface area contributed by atoms with Gasteiger partial charge >= 0.3 is 0 Å². The molecule has 1 atom stereocenters. The highest BCUT2D eigenvalue weighted by molar-refractivity contribution is 6.30. The van der Waals surface area contributed by atoms with Crippen molar-refractivity contribution in [2.45, 2.75) is 6.04 Å². The second-order valence-corrected chi connectivity index (χ2v) is 3.15. The van der Waals surface area contributed by atoms with E-state index in [0.29, 0.717) is 10.6 Å². The Morgan fingerprint density at radius 1 is 1.38 bits per heavy atom. The fourth-order valence-electron chi connectivity index (χ4n) is 0.935. The molecular formula is C9H11ClN2O. The summed E-state index contributed by atoms with van der Waals surface area (Å²) >= 11 is 5.66. The Morgan fingerprint density at radius 2 is 1.92 bits per heavy atom. The Balaban J connectivity index is 2.83. The molecule has 0 saturated heterocycles. The topological polar surface area (TPSA) is 69.1 Å². The smallest absolute Gasteiger partial charge is 0.180 e. The Hall–Kier alpha value is -0.900. The first-order valence-corrected chi connectivity index (χ1v) is 4.28. The van der Waals surface area contributed by atoms with E-state index in [0.717, 1.165) is 0 Å². The molecule has 0 amide bonds. The van der Waals surface area contributed by atoms with Gasteiger partial charge in [0, 0.05) is 17.1 Å². The number of halogens is 1. The second-order valence-electron chi connectivity index (χ2n) is 2.71. The highest BCUT2D eigenvalue weighted by atomic mass is 35.5. The summed E-state index contributed by atoms with van der Waals surface area (Å²) < 4.78 is 0. The van der Waals surface area contributed by atoms with Gasteiger partial charge in [0.25, 0.3) is 0 Å². The molecule has 1 aromatic rings. The van der Waals surface area contributed by atoms with E-state index in [-0.39, 0.29) is 12.3 Å². The molecule has 1 rings (SSSR count). The van der Waals surface area contributed by atoms with Crippen molar-refractivity contribution in [1.82, 2.24) is 0 Å². The van der Waals surface area contributed by atoms with Crippen LogP contribution in [-0.2, 0) is 0 Å². The van der Waals surface area contributed by atoms with Crippen LogP contribution in [0.4, 0.5) is 0 Å². The zero-order valence-corrected chi connectivity index (χ0v) is 7.79. The first-order chi connectivity index (χ1) is 6.15. The summed E-state index contributed by atoms with van der Waals surface area (Å²) in [5.74, 6) is -0.154. The molecular weight excluding hydrogens is 188 g/mol. The Bertz CT molecular complexity index is 297. The molecule has 0 aliphatic carbocycles. The van der Waals surface area contributed by atoms with E-state index in [9.17, 15) is 4.79 Å². The Morgan fingerprint density at radius 3 is 2.38 bits per heavy atom. The molecule has 0 heterocycles. The quantitative estimate of drug-likeness (QED) is 0.707. The summed E-state index contributed by atoms with van der Waals surface area (Å²) in [4.78, 5) is 11.4. The summed E-state index contributed by atoms with van der Waals surface area (Å²) in [5, 5.41) is 0.595. The molecule has 0 spiro atoms. The zero-order valence-electron chi connectivity index (χ0n) is 7.03. The summed E-state index contributed by atoms with van der Waals surface area (Å²) in [6.07, 6.45) is 0. The van der Waals surface area contributed by atoms with Gasteiger partial charge in [0.2, 0.25) is 0 Å². The van der Waals surface area contributed by atoms with E-state index in [1.807, 2.05) is 0 Å². The van der Waals surface area contributed by atoms with Gasteiger partial charge < -0.3 is 11.5 Å². The van der Waals surface area contributed by atoms with E-state index in [2.05, 4.69) is 0 Å². The van der Waals surface area contributed by atoms with Crippen LogP contribution >= 0.6 is 11.6 Å². The molecule has 0 bridgehead atoms. The Labute approximate surface area is 81.7 Å². The van der Waals surface area contributed by atoms with Gasteiger partial charge in [-0.15, -0.1) is 0 Å². The number of Topliss-reactive ketones (excluding diaryl/α,β-unsaturated/α-hetero) is 1. The lowest BCUT2D eigenvalue weighted by Gasteiger charge is -2.06. The van der Waals surface area contributed by atoms with Crippen LogP contribution < -0.4 is 11.5 Å². The lowest BCUT2D eigenvalue weighted by atomic mass is 10.1. The molecule has 3 nitrogen and oxygen atoms in total. The van der Waals surface area contributed by atoms with Crippen molar-refractivity contribution in [3.63, 3.8) is 0 Å². The summed E-state index contributed by atoms with van der Waals surface area (Å²) in [5.41, 5.74) is 11.3. The normalized spacial score (nSPS) is 12.5. The fraction of sp³-hybridized carbons (Fsp3) is 0.222. The van der Waals surface area contributed by atoms with Crippen LogP contribution in [0.3, 0.4) is 0 Å². The standard InChI is InChI=1S/C9H11ClN2O/c10-7-3-1-6(2-4-7)9(13)8(12)5-11/h1-4,8H,5,11-12H2. The number of ketones is 1. The number of hydrogen-bond acceptors (Lipinski definition) is 3. The van der Waals surface area contributed by atoms with Crippen LogP contribution in [0.15, 0.2) is 24.3 Å². The van der Waals surface area contributed by atoms with E-state index in [1.165, 1.54) is 0 Å². The molecule has 0 saturated carbocycles. The van der Waals surface area contributed by atoms with Crippen LogP contribution in [0.25, 0.3) is 0 Å². The van der Waals surface area contributed by atoms with Gasteiger partial charge in [-0.25, -0.2) is 0 Å². The molecule has 4 heteroatoms. The van der Waals surface area contributed by atoms with Gasteiger partial charge in [0.05, 0.1) is 6.04 Å². The van der Waals surface area contributed by atoms with Gasteiger partial charge in [0.1, 0.15) is 0 Å². The molecule has 0 aliphatic rings. The highest BCUT2D eigenvalue weighted by Crippen LogP contribution is 2.10. The third-order valence-corrected chi connectivity index (χ3v) is 1.97. The number of carbonyl (C=O) groups excluding carboxylic acids is 1. The second kappa shape index (κ2) is 4.37. The average molecular weight is 199 g/mol. The number of rotatable bonds is 3. The van der Waals surface area contributed by atoms with Crippen LogP contribution in [0.2, 0.25) is 5.02 Å². The van der Waals surface area contributed by atoms with Crippen molar-refractivity contribution >= 4 is 17.4 Å². The summed E-state index contributed by atoms with van der Waals surface area (Å²) in [6.45, 7) is 0.154. The van der Waals surface area contributed by atoms with Crippen molar-refractivity contribution in [1.29, 1.82) is 0 Å². The van der Waals surface area contributed by atoms with Gasteiger partial charge in [-0.2, -0.15) is 0 Å². The largest absolute Gasteiger partial charge is 0.328 e. The first-order valence-electron chi connectivity index (χ1n) is 3.90. The summed E-state index contributed by atoms with van der Waals surface area (Å²) in [6, 6.07) is 5.96. The maximum absolute atomic E-state index is 11.4. The summed E-state index contributed by atoms with van der Waals surface area (Å²) in [7, 11) is 0. The zero-order chi connectivity index (χ0) is 9.84. The maximum Gasteiger partial charge on any atom is 0.180 e. The van der Waals surface area contributed by atoms with Crippen molar-refractivity contribution in [2.24, 2.45) is 11.5 Å². The lowest BCUT2D eigenvalue weighted by Crippen LogP contribution is -2.37. The molecule has 70 valence electrons. The lowest BCUT2D eigenvalue weighted by molar-refractivity contribution is 0.0964. The molecule has 0 aromatic heterocycles. The van der Waals surface area contributed by atoms with E-state index >= 15 is 0 Å². The van der Waals surface area contributed by atoms with Gasteiger partial charge in [-0.3, -0.25) is 4.79 Å². The van der Waals surface area contributed by atoms with E-state index < -0.39 is 6.04 Å². The average Bonchev–Trinajstić information content (AvgIpc) is 2.17. The van der Waals surface area contributed by atoms with Crippen LogP contribution in [0.1, 0.15) is 10.4 Å².